The lowest BCUT2D eigenvalue weighted by Crippen LogP contribution is -2.29. The monoisotopic (exact) mass is 423 g/mol. The first kappa shape index (κ1) is 20.1. The maximum atomic E-state index is 13.2. The molecular weight excluding hydrogens is 394 g/mol. The molecule has 8 heteroatoms. The van der Waals surface area contributed by atoms with Crippen LogP contribution in [-0.2, 0) is 4.74 Å². The summed E-state index contributed by atoms with van der Waals surface area (Å²) in [7, 11) is 0. The largest absolute Gasteiger partial charge is 0.474 e. The predicted octanol–water partition coefficient (Wildman–Crippen LogP) is 3.80. The van der Waals surface area contributed by atoms with Gasteiger partial charge in [0.15, 0.2) is 0 Å². The van der Waals surface area contributed by atoms with Gasteiger partial charge in [-0.15, -0.1) is 0 Å². The van der Waals surface area contributed by atoms with Crippen molar-refractivity contribution in [3.05, 3.63) is 30.2 Å². The Bertz CT molecular complexity index is 1070. The van der Waals surface area contributed by atoms with Gasteiger partial charge in [0, 0.05) is 49.9 Å². The zero-order valence-corrected chi connectivity index (χ0v) is 18.1. The Morgan fingerprint density at radius 2 is 2.03 bits per heavy atom. The third kappa shape index (κ3) is 3.80. The molecule has 0 bridgehead atoms. The van der Waals surface area contributed by atoms with Crippen LogP contribution in [-0.4, -0.2) is 63.0 Å². The number of nitrogens with zero attached hydrogens (tertiary/aromatic N) is 4. The quantitative estimate of drug-likeness (QED) is 0.675. The molecule has 5 rings (SSSR count). The number of nitrogens with one attached hydrogen (secondary N) is 1. The second-order valence-electron chi connectivity index (χ2n) is 8.65. The van der Waals surface area contributed by atoms with E-state index in [1.54, 1.807) is 6.20 Å². The average Bonchev–Trinajstić information content (AvgIpc) is 3.53. The molecule has 2 aliphatic heterocycles. The maximum Gasteiger partial charge on any atom is 0.270 e. The second kappa shape index (κ2) is 8.34. The molecule has 1 N–H and O–H groups in total. The minimum absolute atomic E-state index is 0.0853. The molecule has 0 saturated carbocycles. The highest BCUT2D eigenvalue weighted by atomic mass is 16.5. The van der Waals surface area contributed by atoms with Gasteiger partial charge in [-0.2, -0.15) is 5.10 Å². The summed E-state index contributed by atoms with van der Waals surface area (Å²) in [5.41, 5.74) is 3.24. The molecule has 0 spiro atoms. The molecule has 164 valence electrons. The molecule has 2 fully saturated rings. The van der Waals surface area contributed by atoms with Gasteiger partial charge in [0.05, 0.1) is 24.1 Å². The van der Waals surface area contributed by atoms with Crippen molar-refractivity contribution in [2.24, 2.45) is 0 Å². The van der Waals surface area contributed by atoms with Crippen LogP contribution >= 0.6 is 0 Å². The molecule has 31 heavy (non-hydrogen) atoms. The number of ether oxygens (including phenoxy) is 2. The van der Waals surface area contributed by atoms with Gasteiger partial charge >= 0.3 is 0 Å². The fourth-order valence-corrected chi connectivity index (χ4v) is 4.48. The van der Waals surface area contributed by atoms with E-state index in [1.807, 2.05) is 27.8 Å². The first-order valence-corrected chi connectivity index (χ1v) is 11.2. The molecule has 1 amide bonds. The van der Waals surface area contributed by atoms with Gasteiger partial charge in [-0.25, -0.2) is 4.98 Å². The van der Waals surface area contributed by atoms with Crippen LogP contribution in [0, 0.1) is 0 Å². The Kier molecular flexibility index (Phi) is 5.40. The van der Waals surface area contributed by atoms with E-state index in [-0.39, 0.29) is 18.1 Å². The van der Waals surface area contributed by atoms with Crippen molar-refractivity contribution >= 4 is 16.8 Å². The van der Waals surface area contributed by atoms with Crippen LogP contribution in [0.1, 0.15) is 56.1 Å². The molecule has 0 aromatic carbocycles. The van der Waals surface area contributed by atoms with E-state index in [9.17, 15) is 4.79 Å². The Morgan fingerprint density at radius 3 is 2.77 bits per heavy atom. The van der Waals surface area contributed by atoms with E-state index >= 15 is 0 Å². The van der Waals surface area contributed by atoms with Crippen LogP contribution in [0.2, 0.25) is 0 Å². The fraction of sp³-hybridized carbons (Fsp3) is 0.522. The molecule has 5 heterocycles. The normalized spacial score (nSPS) is 17.7. The van der Waals surface area contributed by atoms with Crippen LogP contribution < -0.4 is 4.74 Å². The van der Waals surface area contributed by atoms with Gasteiger partial charge in [-0.3, -0.25) is 9.89 Å². The molecule has 0 atom stereocenters. The number of likely N-dealkylation sites (tertiary alicyclic amines) is 1. The molecule has 0 unspecified atom stereocenters. The first-order chi connectivity index (χ1) is 15.1. The summed E-state index contributed by atoms with van der Waals surface area (Å²) in [5, 5.41) is 8.55. The number of amides is 1. The van der Waals surface area contributed by atoms with Crippen molar-refractivity contribution in [3.63, 3.8) is 0 Å². The number of pyridine rings is 1. The summed E-state index contributed by atoms with van der Waals surface area (Å²) in [6, 6.07) is 4.02. The van der Waals surface area contributed by atoms with Gasteiger partial charge < -0.3 is 18.9 Å². The SMILES string of the molecule is CC(C)n1cc(-c2n[nH]c3ccnc(OC4CCOCC4)c23)cc1C(=O)N1CCCC1. The third-order valence-corrected chi connectivity index (χ3v) is 6.18. The van der Waals surface area contributed by atoms with Crippen LogP contribution in [0.25, 0.3) is 22.2 Å². The van der Waals surface area contributed by atoms with Gasteiger partial charge in [0.25, 0.3) is 5.91 Å². The number of carbonyl (C=O) groups excluding carboxylic acids is 1. The summed E-state index contributed by atoms with van der Waals surface area (Å²) in [5.74, 6) is 0.673. The van der Waals surface area contributed by atoms with Crippen molar-refractivity contribution < 1.29 is 14.3 Å². The highest BCUT2D eigenvalue weighted by Crippen LogP contribution is 2.35. The van der Waals surface area contributed by atoms with Crippen molar-refractivity contribution in [3.8, 4) is 17.1 Å². The summed E-state index contributed by atoms with van der Waals surface area (Å²) in [4.78, 5) is 19.6. The molecule has 3 aromatic heterocycles. The molecular formula is C23H29N5O3. The smallest absolute Gasteiger partial charge is 0.270 e. The van der Waals surface area contributed by atoms with Crippen molar-refractivity contribution in [2.75, 3.05) is 26.3 Å². The summed E-state index contributed by atoms with van der Waals surface area (Å²) < 4.78 is 13.8. The number of rotatable bonds is 5. The second-order valence-corrected chi connectivity index (χ2v) is 8.65. The standard InChI is InChI=1S/C23H29N5O3/c1-15(2)28-14-16(13-19(28)23(29)27-9-3-4-10-27)21-20-18(25-26-21)5-8-24-22(20)31-17-6-11-30-12-7-17/h5,8,13-15,17H,3-4,6-7,9-12H2,1-2H3,(H,25,26). The van der Waals surface area contributed by atoms with Gasteiger partial charge in [-0.1, -0.05) is 0 Å². The van der Waals surface area contributed by atoms with E-state index in [0.717, 1.165) is 60.9 Å². The highest BCUT2D eigenvalue weighted by Gasteiger charge is 2.26. The Labute approximate surface area is 181 Å². The predicted molar refractivity (Wildman–Crippen MR) is 117 cm³/mol. The number of carbonyl (C=O) groups is 1. The lowest BCUT2D eigenvalue weighted by atomic mass is 10.1. The topological polar surface area (TPSA) is 85.3 Å². The van der Waals surface area contributed by atoms with Crippen LogP contribution in [0.15, 0.2) is 24.5 Å². The van der Waals surface area contributed by atoms with E-state index < -0.39 is 0 Å². The molecule has 8 nitrogen and oxygen atoms in total. The van der Waals surface area contributed by atoms with Crippen molar-refractivity contribution in [1.82, 2.24) is 24.6 Å². The first-order valence-electron chi connectivity index (χ1n) is 11.2. The molecule has 2 aliphatic rings. The number of hydrogen-bond donors (Lipinski definition) is 1. The minimum Gasteiger partial charge on any atom is -0.474 e. The van der Waals surface area contributed by atoms with Crippen LogP contribution in [0.3, 0.4) is 0 Å². The maximum absolute atomic E-state index is 13.2. The zero-order valence-electron chi connectivity index (χ0n) is 18.1. The summed E-state index contributed by atoms with van der Waals surface area (Å²) in [6.07, 6.45) is 7.69. The van der Waals surface area contributed by atoms with Crippen LogP contribution in [0.5, 0.6) is 5.88 Å². The summed E-state index contributed by atoms with van der Waals surface area (Å²) >= 11 is 0. The number of fused-ring (bicyclic) bond motifs is 1. The number of aromatic amines is 1. The fourth-order valence-electron chi connectivity index (χ4n) is 4.48. The molecule has 0 radical (unpaired) electrons. The zero-order chi connectivity index (χ0) is 21.4. The van der Waals surface area contributed by atoms with E-state index in [4.69, 9.17) is 9.47 Å². The number of hydrogen-bond acceptors (Lipinski definition) is 5. The van der Waals surface area contributed by atoms with E-state index in [0.29, 0.717) is 24.8 Å². The molecule has 3 aromatic rings. The van der Waals surface area contributed by atoms with E-state index in [2.05, 4.69) is 29.0 Å². The van der Waals surface area contributed by atoms with Crippen molar-refractivity contribution in [1.29, 1.82) is 0 Å². The third-order valence-electron chi connectivity index (χ3n) is 6.18. The Morgan fingerprint density at radius 1 is 1.26 bits per heavy atom. The van der Waals surface area contributed by atoms with Gasteiger partial charge in [0.1, 0.15) is 17.5 Å². The molecule has 2 saturated heterocycles. The van der Waals surface area contributed by atoms with Crippen LogP contribution in [0.4, 0.5) is 0 Å². The Balaban J connectivity index is 1.54. The van der Waals surface area contributed by atoms with Gasteiger partial charge in [0.2, 0.25) is 5.88 Å². The molecule has 0 aliphatic carbocycles. The Hall–Kier alpha value is -2.87. The lowest BCUT2D eigenvalue weighted by molar-refractivity contribution is 0.0244. The highest BCUT2D eigenvalue weighted by molar-refractivity contribution is 5.99. The number of aromatic nitrogens is 4. The minimum atomic E-state index is 0.0853. The van der Waals surface area contributed by atoms with Crippen molar-refractivity contribution in [2.45, 2.75) is 51.7 Å². The van der Waals surface area contributed by atoms with Gasteiger partial charge in [-0.05, 0) is 38.8 Å². The average molecular weight is 424 g/mol. The lowest BCUT2D eigenvalue weighted by Gasteiger charge is -2.23. The summed E-state index contributed by atoms with van der Waals surface area (Å²) in [6.45, 7) is 7.25. The number of H-pyrrole nitrogens is 1. The van der Waals surface area contributed by atoms with E-state index in [1.165, 1.54) is 0 Å².